The largest absolute Gasteiger partial charge is 0.495 e. The molecule has 0 fully saturated rings. The molecule has 3 aromatic carbocycles. The number of aryl methyl sites for hydroxylation is 2. The van der Waals surface area contributed by atoms with Crippen molar-refractivity contribution in [3.05, 3.63) is 88.8 Å². The van der Waals surface area contributed by atoms with Gasteiger partial charge in [-0.25, -0.2) is 18.1 Å². The maximum absolute atomic E-state index is 12.8. The predicted octanol–water partition coefficient (Wildman–Crippen LogP) is 5.58. The Morgan fingerprint density at radius 3 is 2.25 bits per heavy atom. The van der Waals surface area contributed by atoms with E-state index in [0.717, 1.165) is 33.0 Å². The van der Waals surface area contributed by atoms with Gasteiger partial charge in [-0.15, -0.1) is 11.3 Å². The molecule has 0 saturated heterocycles. The minimum absolute atomic E-state index is 0.142. The van der Waals surface area contributed by atoms with Crippen LogP contribution in [0.25, 0.3) is 21.8 Å². The summed E-state index contributed by atoms with van der Waals surface area (Å²) in [4.78, 5) is 4.90. The summed E-state index contributed by atoms with van der Waals surface area (Å²) in [7, 11) is -2.24. The van der Waals surface area contributed by atoms with Gasteiger partial charge in [-0.2, -0.15) is 0 Å². The number of hydrogen-bond donors (Lipinski definition) is 1. The standard InChI is InChI=1S/C25H24N2O3S2/c1-17-4-9-20(10-5-17)22-16-31-25(27-22)21-11-7-19(8-12-21)15-26-32(28,29)24-14-18(2)6-13-23(24)30-3/h4-14,16,26H,15H2,1-3H3. The Labute approximate surface area is 192 Å². The Morgan fingerprint density at radius 1 is 0.906 bits per heavy atom. The number of thiazole rings is 1. The van der Waals surface area contributed by atoms with E-state index in [9.17, 15) is 8.42 Å². The van der Waals surface area contributed by atoms with Crippen molar-refractivity contribution in [3.63, 3.8) is 0 Å². The Bertz CT molecular complexity index is 1330. The normalized spacial score (nSPS) is 11.5. The van der Waals surface area contributed by atoms with Gasteiger partial charge in [0, 0.05) is 23.1 Å². The van der Waals surface area contributed by atoms with Gasteiger partial charge in [0.2, 0.25) is 10.0 Å². The third kappa shape index (κ3) is 4.91. The van der Waals surface area contributed by atoms with E-state index < -0.39 is 10.0 Å². The van der Waals surface area contributed by atoms with Crippen LogP contribution in [0.15, 0.2) is 77.0 Å². The third-order valence-corrected chi connectivity index (χ3v) is 7.44. The number of rotatable bonds is 7. The lowest BCUT2D eigenvalue weighted by molar-refractivity contribution is 0.402. The third-order valence-electron chi connectivity index (χ3n) is 5.13. The number of methoxy groups -OCH3 is 1. The number of sulfonamides is 1. The summed E-state index contributed by atoms with van der Waals surface area (Å²) in [6.45, 7) is 4.10. The average molecular weight is 465 g/mol. The zero-order valence-corrected chi connectivity index (χ0v) is 19.8. The zero-order valence-electron chi connectivity index (χ0n) is 18.1. The van der Waals surface area contributed by atoms with Crippen LogP contribution in [0.3, 0.4) is 0 Å². The molecular formula is C25H24N2O3S2. The van der Waals surface area contributed by atoms with Gasteiger partial charge >= 0.3 is 0 Å². The highest BCUT2D eigenvalue weighted by molar-refractivity contribution is 7.89. The molecule has 0 aliphatic carbocycles. The van der Waals surface area contributed by atoms with E-state index in [1.807, 2.05) is 37.3 Å². The molecule has 32 heavy (non-hydrogen) atoms. The number of nitrogens with zero attached hydrogens (tertiary/aromatic N) is 1. The van der Waals surface area contributed by atoms with Crippen molar-refractivity contribution < 1.29 is 13.2 Å². The molecule has 4 rings (SSSR count). The lowest BCUT2D eigenvalue weighted by Crippen LogP contribution is -2.23. The number of benzene rings is 3. The van der Waals surface area contributed by atoms with Crippen LogP contribution in [0.1, 0.15) is 16.7 Å². The molecule has 7 heteroatoms. The molecule has 0 aliphatic heterocycles. The molecule has 0 spiro atoms. The molecule has 0 radical (unpaired) electrons. The van der Waals surface area contributed by atoms with Crippen molar-refractivity contribution in [2.45, 2.75) is 25.3 Å². The fraction of sp³-hybridized carbons (Fsp3) is 0.160. The van der Waals surface area contributed by atoms with Crippen LogP contribution in [0, 0.1) is 13.8 Å². The average Bonchev–Trinajstić information content (AvgIpc) is 3.29. The second-order valence-electron chi connectivity index (χ2n) is 7.58. The molecule has 4 aromatic rings. The Morgan fingerprint density at radius 2 is 1.56 bits per heavy atom. The number of ether oxygens (including phenoxy) is 1. The van der Waals surface area contributed by atoms with Crippen molar-refractivity contribution in [2.24, 2.45) is 0 Å². The molecular weight excluding hydrogens is 440 g/mol. The van der Waals surface area contributed by atoms with E-state index in [-0.39, 0.29) is 11.4 Å². The first-order valence-corrected chi connectivity index (χ1v) is 12.5. The SMILES string of the molecule is COc1ccc(C)cc1S(=O)(=O)NCc1ccc(-c2nc(-c3ccc(C)cc3)cs2)cc1. The quantitative estimate of drug-likeness (QED) is 0.388. The first-order valence-electron chi connectivity index (χ1n) is 10.1. The summed E-state index contributed by atoms with van der Waals surface area (Å²) in [5, 5.41) is 2.98. The maximum atomic E-state index is 12.8. The summed E-state index contributed by atoms with van der Waals surface area (Å²) in [6.07, 6.45) is 0. The van der Waals surface area contributed by atoms with Crippen LogP contribution in [0.2, 0.25) is 0 Å². The smallest absolute Gasteiger partial charge is 0.244 e. The second kappa shape index (κ2) is 9.24. The molecule has 0 aliphatic rings. The van der Waals surface area contributed by atoms with E-state index >= 15 is 0 Å². The van der Waals surface area contributed by atoms with Crippen molar-refractivity contribution in [1.82, 2.24) is 9.71 Å². The van der Waals surface area contributed by atoms with E-state index in [1.54, 1.807) is 23.5 Å². The van der Waals surface area contributed by atoms with E-state index in [1.165, 1.54) is 12.7 Å². The van der Waals surface area contributed by atoms with Crippen LogP contribution in [0.4, 0.5) is 0 Å². The predicted molar refractivity (Wildman–Crippen MR) is 129 cm³/mol. The highest BCUT2D eigenvalue weighted by atomic mass is 32.2. The van der Waals surface area contributed by atoms with Crippen LogP contribution >= 0.6 is 11.3 Å². The summed E-state index contributed by atoms with van der Waals surface area (Å²) in [5.74, 6) is 0.326. The molecule has 0 saturated carbocycles. The van der Waals surface area contributed by atoms with Gasteiger partial charge in [-0.3, -0.25) is 0 Å². The van der Waals surface area contributed by atoms with Crippen molar-refractivity contribution in [2.75, 3.05) is 7.11 Å². The fourth-order valence-corrected chi connectivity index (χ4v) is 5.38. The molecule has 5 nitrogen and oxygen atoms in total. The molecule has 1 heterocycles. The molecule has 0 amide bonds. The lowest BCUT2D eigenvalue weighted by atomic mass is 10.1. The molecule has 0 bridgehead atoms. The molecule has 1 aromatic heterocycles. The molecule has 164 valence electrons. The van der Waals surface area contributed by atoms with Gasteiger partial charge in [0.1, 0.15) is 15.7 Å². The number of hydrogen-bond acceptors (Lipinski definition) is 5. The summed E-state index contributed by atoms with van der Waals surface area (Å²) in [5.41, 5.74) is 5.98. The van der Waals surface area contributed by atoms with Crippen LogP contribution in [-0.2, 0) is 16.6 Å². The van der Waals surface area contributed by atoms with E-state index in [0.29, 0.717) is 5.75 Å². The fourth-order valence-electron chi connectivity index (χ4n) is 3.28. The summed E-state index contributed by atoms with van der Waals surface area (Å²) >= 11 is 1.59. The first kappa shape index (κ1) is 22.2. The Kier molecular flexibility index (Phi) is 6.41. The number of aromatic nitrogens is 1. The van der Waals surface area contributed by atoms with Crippen molar-refractivity contribution in [1.29, 1.82) is 0 Å². The monoisotopic (exact) mass is 464 g/mol. The van der Waals surface area contributed by atoms with Gasteiger partial charge in [0.25, 0.3) is 0 Å². The van der Waals surface area contributed by atoms with Crippen LogP contribution < -0.4 is 9.46 Å². The summed E-state index contributed by atoms with van der Waals surface area (Å²) < 4.78 is 33.5. The zero-order chi connectivity index (χ0) is 22.7. The van der Waals surface area contributed by atoms with Gasteiger partial charge in [0.15, 0.2) is 0 Å². The molecule has 0 unspecified atom stereocenters. The van der Waals surface area contributed by atoms with Gasteiger partial charge in [-0.1, -0.05) is 60.2 Å². The lowest BCUT2D eigenvalue weighted by Gasteiger charge is -2.11. The minimum Gasteiger partial charge on any atom is -0.495 e. The highest BCUT2D eigenvalue weighted by Gasteiger charge is 2.19. The van der Waals surface area contributed by atoms with Gasteiger partial charge in [0.05, 0.1) is 12.8 Å². The van der Waals surface area contributed by atoms with Gasteiger partial charge < -0.3 is 4.74 Å². The molecule has 1 N–H and O–H groups in total. The van der Waals surface area contributed by atoms with E-state index in [2.05, 4.69) is 41.3 Å². The Hall–Kier alpha value is -3.00. The molecule has 0 atom stereocenters. The maximum Gasteiger partial charge on any atom is 0.244 e. The Balaban J connectivity index is 1.47. The highest BCUT2D eigenvalue weighted by Crippen LogP contribution is 2.29. The first-order chi connectivity index (χ1) is 15.4. The van der Waals surface area contributed by atoms with Crippen LogP contribution in [0.5, 0.6) is 5.75 Å². The minimum atomic E-state index is -3.70. The van der Waals surface area contributed by atoms with Crippen molar-refractivity contribution >= 4 is 21.4 Å². The second-order valence-corrected chi connectivity index (χ2v) is 10.2. The van der Waals surface area contributed by atoms with Crippen LogP contribution in [-0.4, -0.2) is 20.5 Å². The van der Waals surface area contributed by atoms with E-state index in [4.69, 9.17) is 9.72 Å². The van der Waals surface area contributed by atoms with Crippen molar-refractivity contribution in [3.8, 4) is 27.6 Å². The summed E-state index contributed by atoms with van der Waals surface area (Å²) in [6, 6.07) is 21.2. The van der Waals surface area contributed by atoms with Gasteiger partial charge in [-0.05, 0) is 37.1 Å². The number of nitrogens with one attached hydrogen (secondary N) is 1. The topological polar surface area (TPSA) is 68.3 Å².